The molecule has 1 amide bonds. The van der Waals surface area contributed by atoms with E-state index in [0.717, 1.165) is 38.6 Å². The average molecular weight is 169 g/mol. The van der Waals surface area contributed by atoms with Crippen molar-refractivity contribution in [3.8, 4) is 0 Å². The van der Waals surface area contributed by atoms with E-state index in [1.165, 1.54) is 0 Å². The molecule has 2 rings (SSSR count). The highest BCUT2D eigenvalue weighted by Crippen LogP contribution is 2.34. The number of rotatable bonds is 0. The molecule has 0 aromatic carbocycles. The molecular weight excluding hydrogens is 154 g/mol. The maximum Gasteiger partial charge on any atom is 0.224 e. The van der Waals surface area contributed by atoms with Gasteiger partial charge in [-0.25, -0.2) is 0 Å². The molecule has 0 spiro atoms. The topological polar surface area (TPSA) is 40.5 Å². The summed E-state index contributed by atoms with van der Waals surface area (Å²) in [6, 6.07) is 0. The monoisotopic (exact) mass is 169 g/mol. The molecule has 1 atom stereocenters. The van der Waals surface area contributed by atoms with Gasteiger partial charge in [0.1, 0.15) is 5.72 Å². The van der Waals surface area contributed by atoms with Crippen molar-refractivity contribution in [2.45, 2.75) is 44.2 Å². The van der Waals surface area contributed by atoms with E-state index in [9.17, 15) is 9.90 Å². The van der Waals surface area contributed by atoms with Crippen LogP contribution in [0.25, 0.3) is 0 Å². The second-order valence-corrected chi connectivity index (χ2v) is 3.84. The zero-order valence-electron chi connectivity index (χ0n) is 7.25. The Bertz CT molecular complexity index is 205. The molecule has 0 bridgehead atoms. The van der Waals surface area contributed by atoms with Crippen molar-refractivity contribution in [2.75, 3.05) is 6.54 Å². The van der Waals surface area contributed by atoms with Crippen LogP contribution in [0.3, 0.4) is 0 Å². The highest BCUT2D eigenvalue weighted by Gasteiger charge is 2.42. The molecule has 3 nitrogen and oxygen atoms in total. The van der Waals surface area contributed by atoms with Crippen LogP contribution < -0.4 is 0 Å². The molecule has 1 unspecified atom stereocenters. The second kappa shape index (κ2) is 2.73. The first-order chi connectivity index (χ1) is 5.72. The molecule has 1 N–H and O–H groups in total. The fourth-order valence-electron chi connectivity index (χ4n) is 2.30. The van der Waals surface area contributed by atoms with E-state index in [-0.39, 0.29) is 5.91 Å². The third-order valence-corrected chi connectivity index (χ3v) is 2.98. The lowest BCUT2D eigenvalue weighted by Gasteiger charge is -2.31. The van der Waals surface area contributed by atoms with Gasteiger partial charge in [0, 0.05) is 13.0 Å². The van der Waals surface area contributed by atoms with Gasteiger partial charge >= 0.3 is 0 Å². The number of carbonyl (C=O) groups excluding carboxylic acids is 1. The summed E-state index contributed by atoms with van der Waals surface area (Å²) in [7, 11) is 0. The van der Waals surface area contributed by atoms with E-state index in [0.29, 0.717) is 6.42 Å². The van der Waals surface area contributed by atoms with E-state index < -0.39 is 5.72 Å². The third kappa shape index (κ3) is 1.12. The third-order valence-electron chi connectivity index (χ3n) is 2.98. The summed E-state index contributed by atoms with van der Waals surface area (Å²) in [5.74, 6) is 0.146. The zero-order valence-corrected chi connectivity index (χ0v) is 7.25. The average Bonchev–Trinajstić information content (AvgIpc) is 2.36. The van der Waals surface area contributed by atoms with Gasteiger partial charge in [0.2, 0.25) is 5.91 Å². The van der Waals surface area contributed by atoms with E-state index in [4.69, 9.17) is 0 Å². The van der Waals surface area contributed by atoms with Crippen LogP contribution in [0, 0.1) is 0 Å². The van der Waals surface area contributed by atoms with Crippen LogP contribution in [0.4, 0.5) is 0 Å². The van der Waals surface area contributed by atoms with Crippen molar-refractivity contribution < 1.29 is 9.90 Å². The molecule has 2 aliphatic rings. The molecule has 12 heavy (non-hydrogen) atoms. The highest BCUT2D eigenvalue weighted by atomic mass is 16.3. The first kappa shape index (κ1) is 8.05. The largest absolute Gasteiger partial charge is 0.371 e. The minimum atomic E-state index is -0.770. The fourth-order valence-corrected chi connectivity index (χ4v) is 2.30. The minimum Gasteiger partial charge on any atom is -0.371 e. The van der Waals surface area contributed by atoms with Gasteiger partial charge in [-0.3, -0.25) is 4.79 Å². The van der Waals surface area contributed by atoms with E-state index in [2.05, 4.69) is 0 Å². The normalized spacial score (nSPS) is 36.4. The Morgan fingerprint density at radius 3 is 2.83 bits per heavy atom. The molecule has 0 saturated carbocycles. The summed E-state index contributed by atoms with van der Waals surface area (Å²) in [6.45, 7) is 0.759. The second-order valence-electron chi connectivity index (χ2n) is 3.84. The zero-order chi connectivity index (χ0) is 8.60. The Morgan fingerprint density at radius 2 is 2.00 bits per heavy atom. The summed E-state index contributed by atoms with van der Waals surface area (Å²) in [6.07, 6.45) is 5.07. The summed E-state index contributed by atoms with van der Waals surface area (Å²) in [5.41, 5.74) is -0.770. The molecular formula is C9H15NO2. The Morgan fingerprint density at radius 1 is 1.25 bits per heavy atom. The van der Waals surface area contributed by atoms with Gasteiger partial charge in [0.15, 0.2) is 0 Å². The van der Waals surface area contributed by atoms with Crippen LogP contribution in [0.2, 0.25) is 0 Å². The smallest absolute Gasteiger partial charge is 0.224 e. The molecule has 0 aromatic rings. The summed E-state index contributed by atoms with van der Waals surface area (Å²) >= 11 is 0. The lowest BCUT2D eigenvalue weighted by Crippen LogP contribution is -2.45. The number of hydrogen-bond donors (Lipinski definition) is 1. The molecule has 3 heteroatoms. The van der Waals surface area contributed by atoms with Crippen molar-refractivity contribution in [1.82, 2.24) is 4.90 Å². The number of aliphatic hydroxyl groups is 1. The first-order valence-corrected chi connectivity index (χ1v) is 4.75. The molecule has 0 aliphatic carbocycles. The quantitative estimate of drug-likeness (QED) is 0.584. The van der Waals surface area contributed by atoms with Gasteiger partial charge in [-0.05, 0) is 32.1 Å². The van der Waals surface area contributed by atoms with Crippen molar-refractivity contribution in [1.29, 1.82) is 0 Å². The summed E-state index contributed by atoms with van der Waals surface area (Å²) < 4.78 is 0. The first-order valence-electron chi connectivity index (χ1n) is 4.75. The maximum atomic E-state index is 11.5. The SMILES string of the molecule is O=C1CCCCC2(O)CCCN12. The van der Waals surface area contributed by atoms with Crippen molar-refractivity contribution in [3.63, 3.8) is 0 Å². The predicted octanol–water partition coefficient (Wildman–Crippen LogP) is 0.871. The van der Waals surface area contributed by atoms with E-state index in [1.54, 1.807) is 4.90 Å². The van der Waals surface area contributed by atoms with Crippen LogP contribution in [0.15, 0.2) is 0 Å². The van der Waals surface area contributed by atoms with Gasteiger partial charge < -0.3 is 10.0 Å². The van der Waals surface area contributed by atoms with Gasteiger partial charge in [-0.2, -0.15) is 0 Å². The molecule has 0 aromatic heterocycles. The fraction of sp³-hybridized carbons (Fsp3) is 0.889. The Balaban J connectivity index is 2.21. The van der Waals surface area contributed by atoms with E-state index in [1.807, 2.05) is 0 Å². The van der Waals surface area contributed by atoms with Crippen LogP contribution in [-0.4, -0.2) is 28.2 Å². The van der Waals surface area contributed by atoms with Crippen LogP contribution in [-0.2, 0) is 4.79 Å². The molecule has 2 fully saturated rings. The molecule has 0 radical (unpaired) electrons. The van der Waals surface area contributed by atoms with Crippen LogP contribution in [0.5, 0.6) is 0 Å². The molecule has 2 heterocycles. The standard InChI is InChI=1S/C9H15NO2/c11-8-4-1-2-5-9(12)6-3-7-10(8)9/h12H,1-7H2. The van der Waals surface area contributed by atoms with Gasteiger partial charge in [0.05, 0.1) is 0 Å². The van der Waals surface area contributed by atoms with Crippen LogP contribution >= 0.6 is 0 Å². The minimum absolute atomic E-state index is 0.146. The number of amides is 1. The highest BCUT2D eigenvalue weighted by molar-refractivity contribution is 5.77. The number of fused-ring (bicyclic) bond motifs is 1. The van der Waals surface area contributed by atoms with Crippen LogP contribution in [0.1, 0.15) is 38.5 Å². The van der Waals surface area contributed by atoms with E-state index >= 15 is 0 Å². The lowest BCUT2D eigenvalue weighted by atomic mass is 10.0. The van der Waals surface area contributed by atoms with Crippen molar-refractivity contribution in [3.05, 3.63) is 0 Å². The Hall–Kier alpha value is -0.570. The summed E-state index contributed by atoms with van der Waals surface area (Å²) in [4.78, 5) is 13.1. The lowest BCUT2D eigenvalue weighted by molar-refractivity contribution is -0.150. The molecule has 68 valence electrons. The Kier molecular flexibility index (Phi) is 1.83. The number of carbonyl (C=O) groups is 1. The van der Waals surface area contributed by atoms with Gasteiger partial charge in [-0.1, -0.05) is 0 Å². The maximum absolute atomic E-state index is 11.5. The van der Waals surface area contributed by atoms with Gasteiger partial charge in [0.25, 0.3) is 0 Å². The number of hydrogen-bond acceptors (Lipinski definition) is 2. The van der Waals surface area contributed by atoms with Crippen molar-refractivity contribution >= 4 is 5.91 Å². The summed E-state index contributed by atoms with van der Waals surface area (Å²) in [5, 5.41) is 10.1. The molecule has 2 saturated heterocycles. The van der Waals surface area contributed by atoms with Crippen molar-refractivity contribution in [2.24, 2.45) is 0 Å². The molecule has 2 aliphatic heterocycles. The predicted molar refractivity (Wildman–Crippen MR) is 44.4 cm³/mol. The number of nitrogens with zero attached hydrogens (tertiary/aromatic N) is 1. The Labute approximate surface area is 72.4 Å². The van der Waals surface area contributed by atoms with Gasteiger partial charge in [-0.15, -0.1) is 0 Å².